The highest BCUT2D eigenvalue weighted by Gasteiger charge is 2.00. The van der Waals surface area contributed by atoms with E-state index in [0.717, 1.165) is 12.1 Å². The van der Waals surface area contributed by atoms with Gasteiger partial charge in [-0.2, -0.15) is 0 Å². The zero-order valence-corrected chi connectivity index (χ0v) is 10.9. The molecule has 2 heteroatoms. The first-order chi connectivity index (χ1) is 6.67. The molecule has 0 aliphatic rings. The van der Waals surface area contributed by atoms with Crippen molar-refractivity contribution >= 4 is 28.3 Å². The van der Waals surface area contributed by atoms with Crippen molar-refractivity contribution in [1.82, 2.24) is 0 Å². The van der Waals surface area contributed by atoms with Gasteiger partial charge in [0.15, 0.2) is 0 Å². The molecule has 0 radical (unpaired) electrons. The van der Waals surface area contributed by atoms with E-state index in [4.69, 9.17) is 0 Å². The fourth-order valence-corrected chi connectivity index (χ4v) is 1.85. The molecule has 1 aromatic rings. The van der Waals surface area contributed by atoms with Gasteiger partial charge < -0.3 is 4.90 Å². The van der Waals surface area contributed by atoms with Gasteiger partial charge in [0, 0.05) is 28.4 Å². The summed E-state index contributed by atoms with van der Waals surface area (Å²) in [6.07, 6.45) is 0. The molecule has 0 N–H and O–H groups in total. The zero-order chi connectivity index (χ0) is 10.6. The number of hydrogen-bond donors (Lipinski definition) is 0. The Hall–Kier alpha value is -0.690. The van der Waals surface area contributed by atoms with Gasteiger partial charge in [-0.25, -0.2) is 0 Å². The van der Waals surface area contributed by atoms with Crippen LogP contribution in [-0.4, -0.2) is 13.6 Å². The van der Waals surface area contributed by atoms with Crippen molar-refractivity contribution in [2.24, 2.45) is 0 Å². The molecule has 14 heavy (non-hydrogen) atoms. The number of hydrogen-bond acceptors (Lipinski definition) is 1. The number of benzene rings is 1. The van der Waals surface area contributed by atoms with Gasteiger partial charge in [-0.1, -0.05) is 5.92 Å². The average Bonchev–Trinajstić information content (AvgIpc) is 2.16. The molecule has 74 valence electrons. The van der Waals surface area contributed by atoms with Crippen LogP contribution in [-0.2, 0) is 0 Å². The van der Waals surface area contributed by atoms with Crippen molar-refractivity contribution in [2.45, 2.75) is 13.8 Å². The third kappa shape index (κ3) is 2.91. The van der Waals surface area contributed by atoms with Crippen LogP contribution in [0.1, 0.15) is 19.4 Å². The Labute approximate surface area is 99.6 Å². The predicted molar refractivity (Wildman–Crippen MR) is 70.7 cm³/mol. The second-order valence-electron chi connectivity index (χ2n) is 3.09. The van der Waals surface area contributed by atoms with Gasteiger partial charge in [-0.3, -0.25) is 0 Å². The zero-order valence-electron chi connectivity index (χ0n) is 8.76. The summed E-state index contributed by atoms with van der Waals surface area (Å²) in [5, 5.41) is 0. The predicted octanol–water partition coefficient (Wildman–Crippen LogP) is 3.12. The van der Waals surface area contributed by atoms with E-state index in [1.54, 1.807) is 0 Å². The molecular formula is C12H14IN. The van der Waals surface area contributed by atoms with Crippen molar-refractivity contribution in [2.75, 3.05) is 18.5 Å². The van der Waals surface area contributed by atoms with E-state index in [9.17, 15) is 0 Å². The maximum absolute atomic E-state index is 3.09. The van der Waals surface area contributed by atoms with E-state index >= 15 is 0 Å². The summed E-state index contributed by atoms with van der Waals surface area (Å²) in [6.45, 7) is 5.02. The van der Waals surface area contributed by atoms with Gasteiger partial charge in [-0.15, -0.1) is 5.92 Å². The summed E-state index contributed by atoms with van der Waals surface area (Å²) < 4.78 is 1.23. The molecular weight excluding hydrogens is 285 g/mol. The molecule has 0 aliphatic heterocycles. The lowest BCUT2D eigenvalue weighted by molar-refractivity contribution is 0.967. The average molecular weight is 299 g/mol. The second-order valence-corrected chi connectivity index (χ2v) is 4.33. The molecule has 0 heterocycles. The third-order valence-corrected chi connectivity index (χ3v) is 2.69. The Balaban J connectivity index is 3.11. The molecule has 0 fully saturated rings. The third-order valence-electron chi connectivity index (χ3n) is 2.07. The highest BCUT2D eigenvalue weighted by molar-refractivity contribution is 14.1. The van der Waals surface area contributed by atoms with Crippen LogP contribution in [0, 0.1) is 15.4 Å². The first-order valence-corrected chi connectivity index (χ1v) is 5.69. The lowest BCUT2D eigenvalue weighted by Crippen LogP contribution is -2.15. The molecule has 0 amide bonds. The highest BCUT2D eigenvalue weighted by atomic mass is 127. The molecule has 1 rings (SSSR count). The Morgan fingerprint density at radius 2 is 2.07 bits per heavy atom. The van der Waals surface area contributed by atoms with Crippen LogP contribution in [0.2, 0.25) is 0 Å². The normalized spacial score (nSPS) is 9.14. The fourth-order valence-electron chi connectivity index (χ4n) is 1.19. The topological polar surface area (TPSA) is 3.24 Å². The minimum atomic E-state index is 1.01. The van der Waals surface area contributed by atoms with E-state index in [2.05, 4.69) is 71.5 Å². The van der Waals surface area contributed by atoms with Gasteiger partial charge >= 0.3 is 0 Å². The summed E-state index contributed by atoms with van der Waals surface area (Å²) in [5.74, 6) is 6.01. The second kappa shape index (κ2) is 5.26. The molecule has 0 saturated heterocycles. The summed E-state index contributed by atoms with van der Waals surface area (Å²) in [5.41, 5.74) is 2.33. The molecule has 1 aromatic carbocycles. The van der Waals surface area contributed by atoms with Crippen LogP contribution in [0.4, 0.5) is 5.69 Å². The summed E-state index contributed by atoms with van der Waals surface area (Å²) in [6, 6.07) is 6.40. The standard InChI is InChI=1S/C12H14IN/c1-4-6-10-7-11(13)9-12(8-10)14(3)5-2/h7-9H,5H2,1-3H3. The van der Waals surface area contributed by atoms with Crippen LogP contribution >= 0.6 is 22.6 Å². The van der Waals surface area contributed by atoms with E-state index in [-0.39, 0.29) is 0 Å². The number of rotatable bonds is 2. The quantitative estimate of drug-likeness (QED) is 0.599. The van der Waals surface area contributed by atoms with Crippen LogP contribution in [0.15, 0.2) is 18.2 Å². The van der Waals surface area contributed by atoms with Crippen molar-refractivity contribution < 1.29 is 0 Å². The first kappa shape index (κ1) is 11.4. The maximum atomic E-state index is 3.09. The lowest BCUT2D eigenvalue weighted by Gasteiger charge is -2.17. The van der Waals surface area contributed by atoms with Crippen LogP contribution in [0.25, 0.3) is 0 Å². The van der Waals surface area contributed by atoms with E-state index < -0.39 is 0 Å². The number of halogens is 1. The highest BCUT2D eigenvalue weighted by Crippen LogP contribution is 2.19. The summed E-state index contributed by atoms with van der Waals surface area (Å²) in [7, 11) is 2.09. The van der Waals surface area contributed by atoms with Gasteiger partial charge in [0.2, 0.25) is 0 Å². The molecule has 0 saturated carbocycles. The maximum Gasteiger partial charge on any atom is 0.0386 e. The van der Waals surface area contributed by atoms with E-state index in [1.165, 1.54) is 9.26 Å². The van der Waals surface area contributed by atoms with E-state index in [1.807, 2.05) is 6.92 Å². The molecule has 0 bridgehead atoms. The fraction of sp³-hybridized carbons (Fsp3) is 0.333. The van der Waals surface area contributed by atoms with Crippen molar-refractivity contribution in [3.8, 4) is 11.8 Å². The molecule has 0 aliphatic carbocycles. The number of anilines is 1. The Kier molecular flexibility index (Phi) is 4.27. The first-order valence-electron chi connectivity index (χ1n) is 4.62. The van der Waals surface area contributed by atoms with Crippen LogP contribution in [0.5, 0.6) is 0 Å². The summed E-state index contributed by atoms with van der Waals surface area (Å²) in [4.78, 5) is 2.21. The van der Waals surface area contributed by atoms with E-state index in [0.29, 0.717) is 0 Å². The monoisotopic (exact) mass is 299 g/mol. The van der Waals surface area contributed by atoms with Gasteiger partial charge in [0.25, 0.3) is 0 Å². The molecule has 0 spiro atoms. The Morgan fingerprint density at radius 1 is 1.36 bits per heavy atom. The largest absolute Gasteiger partial charge is 0.375 e. The van der Waals surface area contributed by atoms with Crippen molar-refractivity contribution in [3.05, 3.63) is 27.3 Å². The summed E-state index contributed by atoms with van der Waals surface area (Å²) >= 11 is 2.33. The minimum Gasteiger partial charge on any atom is -0.375 e. The Bertz CT molecular complexity index is 374. The molecule has 0 atom stereocenters. The minimum absolute atomic E-state index is 1.01. The Morgan fingerprint density at radius 3 is 2.64 bits per heavy atom. The van der Waals surface area contributed by atoms with Gasteiger partial charge in [0.05, 0.1) is 0 Å². The van der Waals surface area contributed by atoms with Crippen LogP contribution in [0.3, 0.4) is 0 Å². The van der Waals surface area contributed by atoms with Gasteiger partial charge in [-0.05, 0) is 54.6 Å². The lowest BCUT2D eigenvalue weighted by atomic mass is 10.2. The van der Waals surface area contributed by atoms with Crippen LogP contribution < -0.4 is 4.90 Å². The van der Waals surface area contributed by atoms with Gasteiger partial charge in [0.1, 0.15) is 0 Å². The van der Waals surface area contributed by atoms with Crippen molar-refractivity contribution in [1.29, 1.82) is 0 Å². The molecule has 0 aromatic heterocycles. The SMILES string of the molecule is CC#Cc1cc(I)cc(N(C)CC)c1. The van der Waals surface area contributed by atoms with Crippen molar-refractivity contribution in [3.63, 3.8) is 0 Å². The molecule has 1 nitrogen and oxygen atoms in total. The smallest absolute Gasteiger partial charge is 0.0386 e. The number of nitrogens with zero attached hydrogens (tertiary/aromatic N) is 1. The molecule has 0 unspecified atom stereocenters.